The third-order valence-corrected chi connectivity index (χ3v) is 0.743. The highest BCUT2D eigenvalue weighted by Crippen LogP contribution is 1.92. The Kier molecular flexibility index (Phi) is 1.07. The number of carbonyl (C=O) groups is 1. The van der Waals surface area contributed by atoms with Crippen molar-refractivity contribution in [3.05, 3.63) is 30.7 Å². The van der Waals surface area contributed by atoms with Gasteiger partial charge in [0, 0.05) is 6.42 Å². The van der Waals surface area contributed by atoms with E-state index in [1.165, 1.54) is 12.2 Å². The van der Waals surface area contributed by atoms with Gasteiger partial charge < -0.3 is 0 Å². The molecule has 0 amide bonds. The Bertz CT molecular complexity index is 117. The summed E-state index contributed by atoms with van der Waals surface area (Å²) in [5.74, 6) is 0.0718. The van der Waals surface area contributed by atoms with Crippen molar-refractivity contribution in [2.24, 2.45) is 0 Å². The SMILES string of the molecule is O=C1C=C[CH]C=C1. The molecule has 0 N–H and O–H groups in total. The molecule has 0 fully saturated rings. The van der Waals surface area contributed by atoms with Crippen molar-refractivity contribution in [1.29, 1.82) is 0 Å². The minimum atomic E-state index is 0.0718. The van der Waals surface area contributed by atoms with E-state index in [9.17, 15) is 4.79 Å². The molecule has 0 atom stereocenters. The molecule has 1 aliphatic carbocycles. The summed E-state index contributed by atoms with van der Waals surface area (Å²) in [4.78, 5) is 10.3. The highest BCUT2D eigenvalue weighted by molar-refractivity contribution is 6.00. The first kappa shape index (κ1) is 4.31. The monoisotopic (exact) mass is 93.0 g/mol. The van der Waals surface area contributed by atoms with Crippen LogP contribution in [-0.2, 0) is 4.79 Å². The molecule has 1 rings (SSSR count). The maximum Gasteiger partial charge on any atom is 0.178 e. The van der Waals surface area contributed by atoms with E-state index < -0.39 is 0 Å². The Balaban J connectivity index is 2.66. The van der Waals surface area contributed by atoms with Crippen molar-refractivity contribution in [3.63, 3.8) is 0 Å². The van der Waals surface area contributed by atoms with Gasteiger partial charge in [0.05, 0.1) is 0 Å². The maximum atomic E-state index is 10.3. The molecule has 0 bridgehead atoms. The molecule has 1 nitrogen and oxygen atoms in total. The predicted octanol–water partition coefficient (Wildman–Crippen LogP) is 0.886. The van der Waals surface area contributed by atoms with Crippen molar-refractivity contribution >= 4 is 5.78 Å². The number of hydrogen-bond acceptors (Lipinski definition) is 1. The average Bonchev–Trinajstić information content (AvgIpc) is 1.69. The van der Waals surface area contributed by atoms with Gasteiger partial charge in [-0.3, -0.25) is 4.79 Å². The minimum Gasteiger partial charge on any atom is -0.290 e. The molecule has 0 saturated carbocycles. The highest BCUT2D eigenvalue weighted by Gasteiger charge is 1.89. The summed E-state index contributed by atoms with van der Waals surface area (Å²) < 4.78 is 0. The van der Waals surface area contributed by atoms with Crippen LogP contribution in [0.5, 0.6) is 0 Å². The number of rotatable bonds is 0. The predicted molar refractivity (Wildman–Crippen MR) is 27.6 cm³/mol. The molecule has 0 spiro atoms. The lowest BCUT2D eigenvalue weighted by atomic mass is 10.2. The van der Waals surface area contributed by atoms with E-state index in [0.717, 1.165) is 0 Å². The first-order chi connectivity index (χ1) is 3.39. The topological polar surface area (TPSA) is 17.1 Å². The first-order valence-electron chi connectivity index (χ1n) is 2.11. The number of hydrogen-bond donors (Lipinski definition) is 0. The van der Waals surface area contributed by atoms with Crippen molar-refractivity contribution in [2.75, 3.05) is 0 Å². The molecule has 1 radical (unpaired) electrons. The van der Waals surface area contributed by atoms with Gasteiger partial charge in [-0.05, 0) is 12.2 Å². The number of carbonyl (C=O) groups excluding carboxylic acids is 1. The van der Waals surface area contributed by atoms with Gasteiger partial charge >= 0.3 is 0 Å². The minimum absolute atomic E-state index is 0.0718. The molecule has 0 aromatic carbocycles. The number of ketones is 1. The second kappa shape index (κ2) is 1.73. The van der Waals surface area contributed by atoms with Crippen LogP contribution in [-0.4, -0.2) is 5.78 Å². The lowest BCUT2D eigenvalue weighted by molar-refractivity contribution is -0.110. The second-order valence-electron chi connectivity index (χ2n) is 1.31. The second-order valence-corrected chi connectivity index (χ2v) is 1.31. The van der Waals surface area contributed by atoms with E-state index in [4.69, 9.17) is 0 Å². The number of allylic oxidation sites excluding steroid dienone is 4. The molecule has 0 saturated heterocycles. The summed E-state index contributed by atoms with van der Waals surface area (Å²) in [6, 6.07) is 0. The van der Waals surface area contributed by atoms with E-state index in [1.54, 1.807) is 12.2 Å². The Morgan fingerprint density at radius 2 is 1.71 bits per heavy atom. The molecule has 0 aromatic heterocycles. The van der Waals surface area contributed by atoms with Gasteiger partial charge in [0.2, 0.25) is 0 Å². The van der Waals surface area contributed by atoms with E-state index in [2.05, 4.69) is 0 Å². The summed E-state index contributed by atoms with van der Waals surface area (Å²) in [6.07, 6.45) is 8.33. The summed E-state index contributed by atoms with van der Waals surface area (Å²) in [5.41, 5.74) is 0. The van der Waals surface area contributed by atoms with Crippen molar-refractivity contribution in [3.8, 4) is 0 Å². The van der Waals surface area contributed by atoms with Crippen LogP contribution in [0.3, 0.4) is 0 Å². The Morgan fingerprint density at radius 3 is 2.00 bits per heavy atom. The zero-order valence-corrected chi connectivity index (χ0v) is 3.79. The summed E-state index contributed by atoms with van der Waals surface area (Å²) >= 11 is 0. The van der Waals surface area contributed by atoms with E-state index >= 15 is 0 Å². The van der Waals surface area contributed by atoms with Crippen LogP contribution in [0.2, 0.25) is 0 Å². The summed E-state index contributed by atoms with van der Waals surface area (Å²) in [7, 11) is 0. The van der Waals surface area contributed by atoms with Crippen molar-refractivity contribution < 1.29 is 4.79 Å². The van der Waals surface area contributed by atoms with Gasteiger partial charge in [0.15, 0.2) is 5.78 Å². The van der Waals surface area contributed by atoms with Crippen molar-refractivity contribution in [1.82, 2.24) is 0 Å². The fourth-order valence-electron chi connectivity index (χ4n) is 0.420. The fourth-order valence-corrected chi connectivity index (χ4v) is 0.420. The Labute approximate surface area is 42.3 Å². The standard InChI is InChI=1S/C6H5O/c7-6-4-2-1-3-5-6/h1-5H. The van der Waals surface area contributed by atoms with E-state index in [-0.39, 0.29) is 5.78 Å². The fraction of sp³-hybridized carbons (Fsp3) is 0. The van der Waals surface area contributed by atoms with Crippen LogP contribution in [0.4, 0.5) is 0 Å². The molecular formula is C6H5O. The molecule has 0 aromatic rings. The molecule has 1 heteroatoms. The van der Waals surface area contributed by atoms with Crippen LogP contribution in [0.15, 0.2) is 24.3 Å². The largest absolute Gasteiger partial charge is 0.290 e. The van der Waals surface area contributed by atoms with Crippen LogP contribution < -0.4 is 0 Å². The smallest absolute Gasteiger partial charge is 0.178 e. The molecule has 0 aliphatic heterocycles. The quantitative estimate of drug-likeness (QED) is 0.434. The van der Waals surface area contributed by atoms with Gasteiger partial charge in [-0.1, -0.05) is 12.2 Å². The normalized spacial score (nSPS) is 18.0. The van der Waals surface area contributed by atoms with E-state index in [0.29, 0.717) is 0 Å². The van der Waals surface area contributed by atoms with Crippen LogP contribution in [0, 0.1) is 6.42 Å². The van der Waals surface area contributed by atoms with Crippen molar-refractivity contribution in [2.45, 2.75) is 0 Å². The maximum absolute atomic E-state index is 10.3. The first-order valence-corrected chi connectivity index (χ1v) is 2.11. The zero-order valence-electron chi connectivity index (χ0n) is 3.79. The summed E-state index contributed by atoms with van der Waals surface area (Å²) in [5, 5.41) is 0. The Morgan fingerprint density at radius 1 is 1.14 bits per heavy atom. The average molecular weight is 93.1 g/mol. The summed E-state index contributed by atoms with van der Waals surface area (Å²) in [6.45, 7) is 0. The Hall–Kier alpha value is -0.850. The molecule has 0 heterocycles. The highest BCUT2D eigenvalue weighted by atomic mass is 16.1. The zero-order chi connectivity index (χ0) is 5.11. The third-order valence-electron chi connectivity index (χ3n) is 0.743. The van der Waals surface area contributed by atoms with Gasteiger partial charge in [-0.2, -0.15) is 0 Å². The van der Waals surface area contributed by atoms with Gasteiger partial charge in [-0.15, -0.1) is 0 Å². The molecule has 35 valence electrons. The van der Waals surface area contributed by atoms with Gasteiger partial charge in [-0.25, -0.2) is 0 Å². The van der Waals surface area contributed by atoms with Gasteiger partial charge in [0.1, 0.15) is 0 Å². The van der Waals surface area contributed by atoms with E-state index in [1.807, 2.05) is 6.42 Å². The van der Waals surface area contributed by atoms with Crippen LogP contribution >= 0.6 is 0 Å². The van der Waals surface area contributed by atoms with Crippen LogP contribution in [0.1, 0.15) is 0 Å². The lowest BCUT2D eigenvalue weighted by Gasteiger charge is -1.87. The molecule has 1 aliphatic rings. The molecular weight excluding hydrogens is 88.1 g/mol. The lowest BCUT2D eigenvalue weighted by Crippen LogP contribution is -1.87. The molecule has 7 heavy (non-hydrogen) atoms. The molecule has 0 unspecified atom stereocenters. The van der Waals surface area contributed by atoms with Gasteiger partial charge in [0.25, 0.3) is 0 Å². The van der Waals surface area contributed by atoms with Crippen LogP contribution in [0.25, 0.3) is 0 Å². The third kappa shape index (κ3) is 1.000.